The first-order chi connectivity index (χ1) is 11.7. The van der Waals surface area contributed by atoms with Crippen LogP contribution in [0.3, 0.4) is 0 Å². The standard InChI is InChI=1S/C18H23N3O2S.2ClH/c1-3-23-12(2)18-21-11-16(24-18)17(22)20-10-15-14-7-5-4-6-13(14)8-9-19-15;;/h4-7,11-12,15,19H,3,8-10H2,1-2H3,(H,20,22);2*1H. The first-order valence-corrected chi connectivity index (χ1v) is 9.17. The number of benzene rings is 1. The molecule has 26 heavy (non-hydrogen) atoms. The van der Waals surface area contributed by atoms with Gasteiger partial charge in [-0.15, -0.1) is 36.2 Å². The molecule has 1 aliphatic heterocycles. The second-order valence-corrected chi connectivity index (χ2v) is 6.89. The average Bonchev–Trinajstić information content (AvgIpc) is 3.10. The Morgan fingerprint density at radius 1 is 1.42 bits per heavy atom. The van der Waals surface area contributed by atoms with E-state index in [1.54, 1.807) is 6.20 Å². The van der Waals surface area contributed by atoms with Gasteiger partial charge >= 0.3 is 0 Å². The van der Waals surface area contributed by atoms with E-state index in [0.717, 1.165) is 18.0 Å². The van der Waals surface area contributed by atoms with Crippen LogP contribution in [0.5, 0.6) is 0 Å². The van der Waals surface area contributed by atoms with Crippen LogP contribution in [0.2, 0.25) is 0 Å². The van der Waals surface area contributed by atoms with E-state index in [0.29, 0.717) is 18.0 Å². The molecule has 2 unspecified atom stereocenters. The van der Waals surface area contributed by atoms with E-state index in [2.05, 4.69) is 33.8 Å². The number of carbonyl (C=O) groups is 1. The molecule has 2 heterocycles. The molecule has 5 nitrogen and oxygen atoms in total. The molecule has 1 aliphatic rings. The van der Waals surface area contributed by atoms with Crippen LogP contribution in [0.4, 0.5) is 0 Å². The molecule has 3 rings (SSSR count). The number of thiazole rings is 1. The second kappa shape index (κ2) is 10.8. The van der Waals surface area contributed by atoms with Crippen LogP contribution in [0.15, 0.2) is 30.5 Å². The summed E-state index contributed by atoms with van der Waals surface area (Å²) < 4.78 is 5.52. The molecule has 2 aromatic rings. The van der Waals surface area contributed by atoms with E-state index in [1.807, 2.05) is 19.9 Å². The Kier molecular flexibility index (Phi) is 9.54. The average molecular weight is 418 g/mol. The molecule has 0 aliphatic carbocycles. The number of hydrogen-bond acceptors (Lipinski definition) is 5. The fourth-order valence-corrected chi connectivity index (χ4v) is 3.79. The lowest BCUT2D eigenvalue weighted by Gasteiger charge is -2.27. The predicted molar refractivity (Wildman–Crippen MR) is 110 cm³/mol. The molecule has 2 N–H and O–H groups in total. The summed E-state index contributed by atoms with van der Waals surface area (Å²) in [5.74, 6) is -0.0766. The zero-order valence-corrected chi connectivity index (χ0v) is 17.3. The normalized spacial score (nSPS) is 16.6. The van der Waals surface area contributed by atoms with Gasteiger partial charge in [0, 0.05) is 19.2 Å². The number of rotatable bonds is 6. The summed E-state index contributed by atoms with van der Waals surface area (Å²) in [6.07, 6.45) is 2.59. The topological polar surface area (TPSA) is 63.2 Å². The number of aromatic nitrogens is 1. The van der Waals surface area contributed by atoms with Gasteiger partial charge in [0.05, 0.1) is 6.20 Å². The molecule has 2 atom stereocenters. The highest BCUT2D eigenvalue weighted by atomic mass is 35.5. The minimum absolute atomic E-state index is 0. The SMILES string of the molecule is CCOC(C)c1ncc(C(=O)NCC2NCCc3ccccc32)s1.Cl.Cl. The Labute approximate surface area is 170 Å². The van der Waals surface area contributed by atoms with Gasteiger partial charge in [-0.2, -0.15) is 0 Å². The van der Waals surface area contributed by atoms with Crippen molar-refractivity contribution in [2.24, 2.45) is 0 Å². The van der Waals surface area contributed by atoms with Gasteiger partial charge in [-0.25, -0.2) is 4.98 Å². The van der Waals surface area contributed by atoms with Gasteiger partial charge in [0.25, 0.3) is 5.91 Å². The van der Waals surface area contributed by atoms with Gasteiger partial charge in [0.2, 0.25) is 0 Å². The number of amides is 1. The van der Waals surface area contributed by atoms with Crippen molar-refractivity contribution in [3.05, 3.63) is 51.5 Å². The van der Waals surface area contributed by atoms with Crippen LogP contribution >= 0.6 is 36.2 Å². The zero-order chi connectivity index (χ0) is 16.9. The Morgan fingerprint density at radius 2 is 2.19 bits per heavy atom. The van der Waals surface area contributed by atoms with Gasteiger partial charge in [0.15, 0.2) is 0 Å². The van der Waals surface area contributed by atoms with Gasteiger partial charge in [0.1, 0.15) is 16.0 Å². The van der Waals surface area contributed by atoms with Crippen molar-refractivity contribution < 1.29 is 9.53 Å². The predicted octanol–water partition coefficient (Wildman–Crippen LogP) is 3.70. The van der Waals surface area contributed by atoms with Gasteiger partial charge < -0.3 is 15.4 Å². The van der Waals surface area contributed by atoms with E-state index in [9.17, 15) is 4.79 Å². The fraction of sp³-hybridized carbons (Fsp3) is 0.444. The van der Waals surface area contributed by atoms with Crippen molar-refractivity contribution in [3.63, 3.8) is 0 Å². The molecule has 0 bridgehead atoms. The van der Waals surface area contributed by atoms with Crippen molar-refractivity contribution in [1.82, 2.24) is 15.6 Å². The smallest absolute Gasteiger partial charge is 0.263 e. The largest absolute Gasteiger partial charge is 0.372 e. The summed E-state index contributed by atoms with van der Waals surface area (Å²) in [4.78, 5) is 17.3. The molecular formula is C18H25Cl2N3O2S. The Balaban J connectivity index is 0.00000169. The van der Waals surface area contributed by atoms with Gasteiger partial charge in [-0.3, -0.25) is 4.79 Å². The molecule has 0 saturated heterocycles. The van der Waals surface area contributed by atoms with Crippen LogP contribution in [-0.2, 0) is 11.2 Å². The molecule has 0 spiro atoms. The van der Waals surface area contributed by atoms with E-state index in [1.165, 1.54) is 22.5 Å². The van der Waals surface area contributed by atoms with Crippen LogP contribution in [0, 0.1) is 0 Å². The number of ether oxygens (including phenoxy) is 1. The second-order valence-electron chi connectivity index (χ2n) is 5.83. The van der Waals surface area contributed by atoms with Crippen LogP contribution in [-0.4, -0.2) is 30.6 Å². The molecular weight excluding hydrogens is 393 g/mol. The van der Waals surface area contributed by atoms with Crippen molar-refractivity contribution in [2.75, 3.05) is 19.7 Å². The van der Waals surface area contributed by atoms with Crippen molar-refractivity contribution in [2.45, 2.75) is 32.4 Å². The summed E-state index contributed by atoms with van der Waals surface area (Å²) in [7, 11) is 0. The van der Waals surface area contributed by atoms with E-state index in [4.69, 9.17) is 4.74 Å². The lowest BCUT2D eigenvalue weighted by molar-refractivity contribution is 0.0762. The monoisotopic (exact) mass is 417 g/mol. The number of nitrogens with zero attached hydrogens (tertiary/aromatic N) is 1. The lowest BCUT2D eigenvalue weighted by Crippen LogP contribution is -2.38. The number of halogens is 2. The highest BCUT2D eigenvalue weighted by Crippen LogP contribution is 2.24. The number of carbonyl (C=O) groups excluding carboxylic acids is 1. The maximum absolute atomic E-state index is 12.4. The first-order valence-electron chi connectivity index (χ1n) is 8.35. The third kappa shape index (κ3) is 5.41. The third-order valence-electron chi connectivity index (χ3n) is 4.19. The minimum Gasteiger partial charge on any atom is -0.372 e. The van der Waals surface area contributed by atoms with E-state index >= 15 is 0 Å². The summed E-state index contributed by atoms with van der Waals surface area (Å²) in [5, 5.41) is 7.33. The van der Waals surface area contributed by atoms with Crippen molar-refractivity contribution >= 4 is 42.1 Å². The number of fused-ring (bicyclic) bond motifs is 1. The third-order valence-corrected chi connectivity index (χ3v) is 5.35. The van der Waals surface area contributed by atoms with Crippen molar-refractivity contribution in [1.29, 1.82) is 0 Å². The summed E-state index contributed by atoms with van der Waals surface area (Å²) in [6, 6.07) is 8.57. The molecule has 0 fully saturated rings. The molecule has 1 aromatic heterocycles. The maximum Gasteiger partial charge on any atom is 0.263 e. The van der Waals surface area contributed by atoms with Gasteiger partial charge in [-0.05, 0) is 37.9 Å². The number of nitrogens with one attached hydrogen (secondary N) is 2. The molecule has 1 amide bonds. The van der Waals surface area contributed by atoms with Gasteiger partial charge in [-0.1, -0.05) is 24.3 Å². The molecule has 0 saturated carbocycles. The summed E-state index contributed by atoms with van der Waals surface area (Å²) in [5.41, 5.74) is 2.64. The van der Waals surface area contributed by atoms with Crippen LogP contribution in [0.1, 0.15) is 51.8 Å². The van der Waals surface area contributed by atoms with E-state index < -0.39 is 0 Å². The molecule has 1 aromatic carbocycles. The minimum atomic E-state index is -0.0766. The molecule has 8 heteroatoms. The highest BCUT2D eigenvalue weighted by molar-refractivity contribution is 7.13. The Bertz CT molecular complexity index is 711. The Morgan fingerprint density at radius 3 is 2.96 bits per heavy atom. The summed E-state index contributed by atoms with van der Waals surface area (Å²) >= 11 is 1.39. The maximum atomic E-state index is 12.4. The number of hydrogen-bond donors (Lipinski definition) is 2. The lowest BCUT2D eigenvalue weighted by atomic mass is 9.94. The molecule has 0 radical (unpaired) electrons. The quantitative estimate of drug-likeness (QED) is 0.751. The Hall–Kier alpha value is -1.18. The highest BCUT2D eigenvalue weighted by Gasteiger charge is 2.21. The summed E-state index contributed by atoms with van der Waals surface area (Å²) in [6.45, 7) is 6.05. The van der Waals surface area contributed by atoms with Crippen LogP contribution in [0.25, 0.3) is 0 Å². The zero-order valence-electron chi connectivity index (χ0n) is 14.9. The van der Waals surface area contributed by atoms with E-state index in [-0.39, 0.29) is 42.9 Å². The fourth-order valence-electron chi connectivity index (χ4n) is 2.96. The molecule has 144 valence electrons. The van der Waals surface area contributed by atoms with Crippen LogP contribution < -0.4 is 10.6 Å². The first kappa shape index (κ1) is 22.9. The van der Waals surface area contributed by atoms with Crippen molar-refractivity contribution in [3.8, 4) is 0 Å².